The molecule has 1 aliphatic heterocycles. The number of aliphatic hydroxyl groups is 1. The number of carbonyl (C=O) groups excluding carboxylic acids is 3. The van der Waals surface area contributed by atoms with Crippen molar-refractivity contribution < 1.29 is 19.5 Å². The van der Waals surface area contributed by atoms with Gasteiger partial charge in [0.1, 0.15) is 6.04 Å². The zero-order valence-corrected chi connectivity index (χ0v) is 17.2. The molecule has 0 spiro atoms. The molecule has 1 saturated heterocycles. The molecule has 0 radical (unpaired) electrons. The number of halogens is 1. The lowest BCUT2D eigenvalue weighted by Crippen LogP contribution is -2.45. The molecule has 1 aliphatic carbocycles. The van der Waals surface area contributed by atoms with E-state index in [0.29, 0.717) is 17.1 Å². The summed E-state index contributed by atoms with van der Waals surface area (Å²) in [4.78, 5) is 40.4. The van der Waals surface area contributed by atoms with E-state index in [1.807, 2.05) is 19.1 Å². The summed E-state index contributed by atoms with van der Waals surface area (Å²) < 4.78 is 0. The van der Waals surface area contributed by atoms with Crippen molar-refractivity contribution in [2.45, 2.75) is 19.4 Å². The van der Waals surface area contributed by atoms with E-state index in [0.717, 1.165) is 0 Å². The number of allylic oxidation sites excluding steroid dienone is 1. The average molecular weight is 420 g/mol. The van der Waals surface area contributed by atoms with Crippen molar-refractivity contribution in [3.05, 3.63) is 41.4 Å². The molecule has 0 bridgehead atoms. The molecule has 7 nitrogen and oxygen atoms in total. The minimum atomic E-state index is -0.822. The summed E-state index contributed by atoms with van der Waals surface area (Å²) in [6.45, 7) is 1.72. The largest absolute Gasteiger partial charge is 0.395 e. The Morgan fingerprint density at radius 1 is 1.21 bits per heavy atom. The molecule has 8 heteroatoms. The van der Waals surface area contributed by atoms with Crippen LogP contribution in [0.4, 0.5) is 5.69 Å². The molecule has 156 valence electrons. The monoisotopic (exact) mass is 419 g/mol. The first-order valence-corrected chi connectivity index (χ1v) is 10.2. The summed E-state index contributed by atoms with van der Waals surface area (Å²) in [5, 5.41) is 15.3. The van der Waals surface area contributed by atoms with Crippen LogP contribution in [0.5, 0.6) is 0 Å². The number of amides is 3. The van der Waals surface area contributed by atoms with Gasteiger partial charge in [0.25, 0.3) is 0 Å². The Morgan fingerprint density at radius 3 is 2.55 bits per heavy atom. The zero-order valence-electron chi connectivity index (χ0n) is 16.5. The number of likely N-dealkylation sites (tertiary alicyclic amines) is 1. The van der Waals surface area contributed by atoms with Crippen molar-refractivity contribution in [2.24, 2.45) is 23.7 Å². The lowest BCUT2D eigenvalue weighted by Gasteiger charge is -2.33. The van der Waals surface area contributed by atoms with Crippen LogP contribution >= 0.6 is 11.6 Å². The highest BCUT2D eigenvalue weighted by Crippen LogP contribution is 2.45. The molecule has 29 heavy (non-hydrogen) atoms. The summed E-state index contributed by atoms with van der Waals surface area (Å²) >= 11 is 6.16. The van der Waals surface area contributed by atoms with Crippen molar-refractivity contribution >= 4 is 35.0 Å². The first kappa shape index (κ1) is 21.3. The lowest BCUT2D eigenvalue weighted by atomic mass is 9.69. The van der Waals surface area contributed by atoms with Crippen molar-refractivity contribution in [3.63, 3.8) is 0 Å². The zero-order chi connectivity index (χ0) is 21.1. The number of rotatable bonds is 6. The van der Waals surface area contributed by atoms with Crippen LogP contribution in [0.15, 0.2) is 36.4 Å². The van der Waals surface area contributed by atoms with Crippen LogP contribution in [0.3, 0.4) is 0 Å². The second kappa shape index (κ2) is 8.97. The molecule has 0 unspecified atom stereocenters. The predicted octanol–water partition coefficient (Wildman–Crippen LogP) is 1.67. The van der Waals surface area contributed by atoms with Gasteiger partial charge in [0, 0.05) is 19.5 Å². The molecule has 1 heterocycles. The van der Waals surface area contributed by atoms with E-state index in [1.165, 1.54) is 4.90 Å². The number of benzene rings is 1. The first-order valence-electron chi connectivity index (χ1n) is 9.81. The molecule has 0 aromatic heterocycles. The van der Waals surface area contributed by atoms with Gasteiger partial charge < -0.3 is 20.6 Å². The number of para-hydroxylation sites is 1. The third-order valence-electron chi connectivity index (χ3n) is 5.87. The fourth-order valence-electron chi connectivity index (χ4n) is 4.53. The maximum Gasteiger partial charge on any atom is 0.247 e. The van der Waals surface area contributed by atoms with E-state index in [4.69, 9.17) is 11.6 Å². The molecule has 3 rings (SSSR count). The van der Waals surface area contributed by atoms with Gasteiger partial charge in [-0.3, -0.25) is 14.4 Å². The number of nitrogens with zero attached hydrogens (tertiary/aromatic N) is 1. The molecule has 3 amide bonds. The van der Waals surface area contributed by atoms with Gasteiger partial charge in [0.05, 0.1) is 29.2 Å². The fraction of sp³-hybridized carbons (Fsp3) is 0.476. The molecule has 2 aliphatic rings. The minimum absolute atomic E-state index is 0.0253. The number of nitrogens with one attached hydrogen (secondary N) is 2. The van der Waals surface area contributed by atoms with Crippen LogP contribution in [0, 0.1) is 23.7 Å². The van der Waals surface area contributed by atoms with Gasteiger partial charge in [-0.05, 0) is 24.5 Å². The third-order valence-corrected chi connectivity index (χ3v) is 6.20. The van der Waals surface area contributed by atoms with Crippen LogP contribution in [-0.4, -0.2) is 54.0 Å². The molecular weight excluding hydrogens is 394 g/mol. The average Bonchev–Trinajstić information content (AvgIpc) is 3.00. The summed E-state index contributed by atoms with van der Waals surface area (Å²) in [5.74, 6) is -2.60. The minimum Gasteiger partial charge on any atom is -0.395 e. The standard InChI is InChI=1S/C21H26ClN3O4/c1-3-12-8-9-13-17(16(12)19(27)23-2)21(29)25(10-11-26)18(13)20(28)24-15-7-5-4-6-14(15)22/h4-9,12-13,16-18,26H,3,10-11H2,1-2H3,(H,23,27)(H,24,28)/t12-,13+,16-,17+,18+/m1/s1. The van der Waals surface area contributed by atoms with Gasteiger partial charge >= 0.3 is 0 Å². The van der Waals surface area contributed by atoms with Gasteiger partial charge in [-0.1, -0.05) is 42.8 Å². The third kappa shape index (κ3) is 3.89. The number of hydrogen-bond donors (Lipinski definition) is 3. The van der Waals surface area contributed by atoms with Gasteiger partial charge in [0.15, 0.2) is 0 Å². The van der Waals surface area contributed by atoms with E-state index in [2.05, 4.69) is 10.6 Å². The number of fused-ring (bicyclic) bond motifs is 1. The summed E-state index contributed by atoms with van der Waals surface area (Å²) in [6, 6.07) is 6.04. The van der Waals surface area contributed by atoms with E-state index < -0.39 is 23.8 Å². The normalized spacial score (nSPS) is 28.2. The maximum atomic E-state index is 13.3. The highest BCUT2D eigenvalue weighted by Gasteiger charge is 2.56. The second-order valence-electron chi connectivity index (χ2n) is 7.37. The van der Waals surface area contributed by atoms with Crippen LogP contribution in [0.1, 0.15) is 13.3 Å². The highest BCUT2D eigenvalue weighted by atomic mass is 35.5. The Bertz CT molecular complexity index is 828. The van der Waals surface area contributed by atoms with Gasteiger partial charge in [-0.25, -0.2) is 0 Å². The number of β-amino-alcohol motifs (C(OH)–C–C–N with tert-alkyl or cyclic N) is 1. The first-order chi connectivity index (χ1) is 13.9. The molecule has 1 aromatic rings. The van der Waals surface area contributed by atoms with E-state index in [9.17, 15) is 19.5 Å². The second-order valence-corrected chi connectivity index (χ2v) is 7.78. The van der Waals surface area contributed by atoms with Gasteiger partial charge in [0.2, 0.25) is 17.7 Å². The predicted molar refractivity (Wildman–Crippen MR) is 110 cm³/mol. The van der Waals surface area contributed by atoms with Crippen LogP contribution < -0.4 is 10.6 Å². The molecular formula is C21H26ClN3O4. The molecule has 5 atom stereocenters. The lowest BCUT2D eigenvalue weighted by molar-refractivity contribution is -0.140. The van der Waals surface area contributed by atoms with E-state index in [1.54, 1.807) is 31.3 Å². The van der Waals surface area contributed by atoms with E-state index in [-0.39, 0.29) is 36.8 Å². The Balaban J connectivity index is 1.97. The SMILES string of the molecule is CC[C@@H]1C=C[C@H]2[C@H](C(=O)N(CCO)[C@@H]2C(=O)Nc2ccccc2Cl)[C@@H]1C(=O)NC. The topological polar surface area (TPSA) is 98.7 Å². The fourth-order valence-corrected chi connectivity index (χ4v) is 4.71. The quantitative estimate of drug-likeness (QED) is 0.611. The Morgan fingerprint density at radius 2 is 1.93 bits per heavy atom. The van der Waals surface area contributed by atoms with Crippen molar-refractivity contribution in [3.8, 4) is 0 Å². The summed E-state index contributed by atoms with van der Waals surface area (Å²) in [5.41, 5.74) is 0.452. The van der Waals surface area contributed by atoms with Gasteiger partial charge in [-0.2, -0.15) is 0 Å². The van der Waals surface area contributed by atoms with Crippen molar-refractivity contribution in [2.75, 3.05) is 25.5 Å². The van der Waals surface area contributed by atoms with Crippen LogP contribution in [-0.2, 0) is 14.4 Å². The number of hydrogen-bond acceptors (Lipinski definition) is 4. The Kier molecular flexibility index (Phi) is 6.59. The molecule has 0 saturated carbocycles. The number of carbonyl (C=O) groups is 3. The van der Waals surface area contributed by atoms with E-state index >= 15 is 0 Å². The van der Waals surface area contributed by atoms with Crippen LogP contribution in [0.2, 0.25) is 5.02 Å². The maximum absolute atomic E-state index is 13.3. The molecule has 3 N–H and O–H groups in total. The Hall–Kier alpha value is -2.38. The van der Waals surface area contributed by atoms with Crippen molar-refractivity contribution in [1.29, 1.82) is 0 Å². The Labute approximate surface area is 175 Å². The highest BCUT2D eigenvalue weighted by molar-refractivity contribution is 6.33. The number of aliphatic hydroxyl groups excluding tert-OH is 1. The summed E-state index contributed by atoms with van der Waals surface area (Å²) in [7, 11) is 1.55. The molecule has 1 aromatic carbocycles. The smallest absolute Gasteiger partial charge is 0.247 e. The summed E-state index contributed by atoms with van der Waals surface area (Å²) in [6.07, 6.45) is 4.53. The molecule has 1 fully saturated rings. The van der Waals surface area contributed by atoms with Crippen molar-refractivity contribution in [1.82, 2.24) is 10.2 Å². The number of anilines is 1. The van der Waals surface area contributed by atoms with Gasteiger partial charge in [-0.15, -0.1) is 0 Å². The van der Waals surface area contributed by atoms with Crippen LogP contribution in [0.25, 0.3) is 0 Å².